The fourth-order valence-corrected chi connectivity index (χ4v) is 2.98. The van der Waals surface area contributed by atoms with E-state index in [1.807, 2.05) is 18.7 Å². The number of carboxylic acids is 1. The highest BCUT2D eigenvalue weighted by atomic mass is 16.4. The number of rotatable bonds is 6. The second-order valence-electron chi connectivity index (χ2n) is 6.25. The molecule has 5 nitrogen and oxygen atoms in total. The molecule has 0 radical (unpaired) electrons. The highest BCUT2D eigenvalue weighted by Crippen LogP contribution is 2.25. The number of hydrogen-bond acceptors (Lipinski definition) is 2. The fraction of sp³-hybridized carbons (Fsp3) is 0.867. The molecule has 0 aromatic heterocycles. The number of carbonyl (C=O) groups excluding carboxylic acids is 1. The van der Waals surface area contributed by atoms with Gasteiger partial charge in [-0.2, -0.15) is 0 Å². The summed E-state index contributed by atoms with van der Waals surface area (Å²) in [6.07, 6.45) is 3.61. The maximum Gasteiger partial charge on any atom is 0.317 e. The van der Waals surface area contributed by atoms with Crippen molar-refractivity contribution in [1.29, 1.82) is 0 Å². The van der Waals surface area contributed by atoms with E-state index in [4.69, 9.17) is 0 Å². The molecule has 2 N–H and O–H groups in total. The van der Waals surface area contributed by atoms with Gasteiger partial charge in [-0.05, 0) is 38.5 Å². The van der Waals surface area contributed by atoms with Crippen molar-refractivity contribution in [1.82, 2.24) is 10.2 Å². The van der Waals surface area contributed by atoms with Crippen LogP contribution in [-0.2, 0) is 4.79 Å². The second kappa shape index (κ2) is 7.50. The summed E-state index contributed by atoms with van der Waals surface area (Å²) in [5.74, 6) is -1.03. The van der Waals surface area contributed by atoms with E-state index >= 15 is 0 Å². The van der Waals surface area contributed by atoms with Gasteiger partial charge in [0.05, 0.1) is 5.92 Å². The van der Waals surface area contributed by atoms with Gasteiger partial charge >= 0.3 is 12.0 Å². The van der Waals surface area contributed by atoms with Crippen LogP contribution >= 0.6 is 0 Å². The summed E-state index contributed by atoms with van der Waals surface area (Å²) < 4.78 is 0. The van der Waals surface area contributed by atoms with Gasteiger partial charge in [0, 0.05) is 18.6 Å². The molecule has 5 heteroatoms. The Morgan fingerprint density at radius 3 is 2.50 bits per heavy atom. The highest BCUT2D eigenvalue weighted by Gasteiger charge is 2.33. The van der Waals surface area contributed by atoms with Crippen molar-refractivity contribution in [3.63, 3.8) is 0 Å². The molecule has 1 rings (SSSR count). The normalized spacial score (nSPS) is 23.9. The molecular formula is C15H28N2O3. The molecule has 0 spiro atoms. The first-order valence-electron chi connectivity index (χ1n) is 7.65. The molecule has 116 valence electrons. The van der Waals surface area contributed by atoms with Gasteiger partial charge in [-0.25, -0.2) is 4.79 Å². The molecule has 0 bridgehead atoms. The third-order valence-corrected chi connectivity index (χ3v) is 4.10. The Morgan fingerprint density at radius 2 is 2.00 bits per heavy atom. The zero-order valence-corrected chi connectivity index (χ0v) is 13.1. The average Bonchev–Trinajstić information content (AvgIpc) is 2.74. The zero-order chi connectivity index (χ0) is 15.3. The first kappa shape index (κ1) is 16.8. The standard InChI is InChI=1S/C15H28N2O3/c1-5-13-7-6-11(4)17(13)15(20)16-9-12(14(18)19)8-10(2)3/h10-13H,5-9H2,1-4H3,(H,16,20)(H,18,19). The molecule has 0 aliphatic carbocycles. The van der Waals surface area contributed by atoms with Gasteiger partial charge in [0.2, 0.25) is 0 Å². The highest BCUT2D eigenvalue weighted by molar-refractivity contribution is 5.76. The summed E-state index contributed by atoms with van der Waals surface area (Å²) in [5.41, 5.74) is 0. The molecule has 0 aromatic carbocycles. The summed E-state index contributed by atoms with van der Waals surface area (Å²) in [5, 5.41) is 12.0. The van der Waals surface area contributed by atoms with Crippen molar-refractivity contribution >= 4 is 12.0 Å². The van der Waals surface area contributed by atoms with Gasteiger partial charge in [0.1, 0.15) is 0 Å². The molecule has 1 aliphatic rings. The van der Waals surface area contributed by atoms with Crippen LogP contribution < -0.4 is 5.32 Å². The topological polar surface area (TPSA) is 69.6 Å². The van der Waals surface area contributed by atoms with Crippen LogP contribution in [0.25, 0.3) is 0 Å². The summed E-state index contributed by atoms with van der Waals surface area (Å²) >= 11 is 0. The molecule has 3 unspecified atom stereocenters. The number of likely N-dealkylation sites (tertiary alicyclic amines) is 1. The van der Waals surface area contributed by atoms with Gasteiger partial charge in [-0.1, -0.05) is 20.8 Å². The fourth-order valence-electron chi connectivity index (χ4n) is 2.98. The van der Waals surface area contributed by atoms with Gasteiger partial charge in [0.25, 0.3) is 0 Å². The number of hydrogen-bond donors (Lipinski definition) is 2. The number of carbonyl (C=O) groups is 2. The van der Waals surface area contributed by atoms with E-state index in [0.717, 1.165) is 19.3 Å². The lowest BCUT2D eigenvalue weighted by Crippen LogP contribution is -2.47. The molecule has 1 heterocycles. The first-order valence-corrected chi connectivity index (χ1v) is 7.65. The average molecular weight is 284 g/mol. The smallest absolute Gasteiger partial charge is 0.317 e. The van der Waals surface area contributed by atoms with Crippen LogP contribution in [-0.4, -0.2) is 40.6 Å². The molecule has 1 saturated heterocycles. The van der Waals surface area contributed by atoms with Crippen LogP contribution in [0.2, 0.25) is 0 Å². The van der Waals surface area contributed by atoms with E-state index in [2.05, 4.69) is 19.2 Å². The van der Waals surface area contributed by atoms with Crippen LogP contribution in [0.5, 0.6) is 0 Å². The maximum absolute atomic E-state index is 12.3. The predicted molar refractivity (Wildman–Crippen MR) is 78.6 cm³/mol. The molecule has 2 amide bonds. The van der Waals surface area contributed by atoms with E-state index in [-0.39, 0.29) is 18.6 Å². The summed E-state index contributed by atoms with van der Waals surface area (Å²) in [7, 11) is 0. The van der Waals surface area contributed by atoms with E-state index < -0.39 is 11.9 Å². The van der Waals surface area contributed by atoms with Crippen LogP contribution in [0.1, 0.15) is 53.4 Å². The minimum atomic E-state index is -0.833. The first-order chi connectivity index (χ1) is 9.36. The molecule has 20 heavy (non-hydrogen) atoms. The maximum atomic E-state index is 12.3. The van der Waals surface area contributed by atoms with Gasteiger partial charge in [0.15, 0.2) is 0 Å². The monoisotopic (exact) mass is 284 g/mol. The lowest BCUT2D eigenvalue weighted by molar-refractivity contribution is -0.142. The molecule has 1 fully saturated rings. The van der Waals surface area contributed by atoms with Gasteiger partial charge < -0.3 is 15.3 Å². The van der Waals surface area contributed by atoms with Gasteiger partial charge in [-0.3, -0.25) is 4.79 Å². The van der Waals surface area contributed by atoms with E-state index in [9.17, 15) is 14.7 Å². The Labute approximate surface area is 121 Å². The van der Waals surface area contributed by atoms with Crippen molar-refractivity contribution in [2.45, 2.75) is 65.5 Å². The minimum Gasteiger partial charge on any atom is -0.481 e. The number of nitrogens with zero attached hydrogens (tertiary/aromatic N) is 1. The minimum absolute atomic E-state index is 0.114. The number of nitrogens with one attached hydrogen (secondary N) is 1. The second-order valence-corrected chi connectivity index (χ2v) is 6.25. The number of amides is 2. The van der Waals surface area contributed by atoms with Crippen LogP contribution in [0.3, 0.4) is 0 Å². The van der Waals surface area contributed by atoms with Gasteiger partial charge in [-0.15, -0.1) is 0 Å². The Hall–Kier alpha value is -1.26. The quantitative estimate of drug-likeness (QED) is 0.788. The zero-order valence-electron chi connectivity index (χ0n) is 13.1. The summed E-state index contributed by atoms with van der Waals surface area (Å²) in [6, 6.07) is 0.420. The van der Waals surface area contributed by atoms with Crippen molar-refractivity contribution < 1.29 is 14.7 Å². The summed E-state index contributed by atoms with van der Waals surface area (Å²) in [4.78, 5) is 25.3. The third-order valence-electron chi connectivity index (χ3n) is 4.10. The predicted octanol–water partition coefficient (Wildman–Crippen LogP) is 2.71. The third kappa shape index (κ3) is 4.39. The number of carboxylic acid groups (broad SMARTS) is 1. The molecule has 0 aromatic rings. The Balaban J connectivity index is 2.54. The van der Waals surface area contributed by atoms with E-state index in [0.29, 0.717) is 18.4 Å². The molecular weight excluding hydrogens is 256 g/mol. The molecule has 3 atom stereocenters. The summed E-state index contributed by atoms with van der Waals surface area (Å²) in [6.45, 7) is 8.34. The van der Waals surface area contributed by atoms with E-state index in [1.165, 1.54) is 0 Å². The van der Waals surface area contributed by atoms with Crippen LogP contribution in [0.4, 0.5) is 4.79 Å². The number of aliphatic carboxylic acids is 1. The van der Waals surface area contributed by atoms with Crippen LogP contribution in [0.15, 0.2) is 0 Å². The number of urea groups is 1. The lowest BCUT2D eigenvalue weighted by Gasteiger charge is -2.28. The SMILES string of the molecule is CCC1CCC(C)N1C(=O)NCC(CC(C)C)C(=O)O. The Morgan fingerprint density at radius 1 is 1.35 bits per heavy atom. The Kier molecular flexibility index (Phi) is 6.30. The van der Waals surface area contributed by atoms with Crippen molar-refractivity contribution in [2.24, 2.45) is 11.8 Å². The van der Waals surface area contributed by atoms with Crippen molar-refractivity contribution in [3.8, 4) is 0 Å². The lowest BCUT2D eigenvalue weighted by atomic mass is 9.97. The van der Waals surface area contributed by atoms with E-state index in [1.54, 1.807) is 0 Å². The Bertz CT molecular complexity index is 344. The van der Waals surface area contributed by atoms with Crippen molar-refractivity contribution in [3.05, 3.63) is 0 Å². The molecule has 0 saturated carbocycles. The van der Waals surface area contributed by atoms with Crippen LogP contribution in [0, 0.1) is 11.8 Å². The van der Waals surface area contributed by atoms with Crippen molar-refractivity contribution in [2.75, 3.05) is 6.54 Å². The largest absolute Gasteiger partial charge is 0.481 e. The molecule has 1 aliphatic heterocycles.